The van der Waals surface area contributed by atoms with Gasteiger partial charge in [-0.2, -0.15) is 0 Å². The van der Waals surface area contributed by atoms with Gasteiger partial charge in [0.1, 0.15) is 0 Å². The Morgan fingerprint density at radius 2 is 1.75 bits per heavy atom. The SMILES string of the molecule is CC1(C)C[C@H]2C[C@](C)(CN2C(=O)[C@@]23CC[C@](C)(C(=O)O2)C3(C)C)C1. The number of fused-ring (bicyclic) bond motifs is 4. The predicted molar refractivity (Wildman–Crippen MR) is 91.2 cm³/mol. The molecule has 2 saturated heterocycles. The minimum atomic E-state index is -0.948. The van der Waals surface area contributed by atoms with Gasteiger partial charge in [-0.25, -0.2) is 0 Å². The van der Waals surface area contributed by atoms with Crippen LogP contribution in [-0.4, -0.2) is 35.0 Å². The second-order valence-electron chi connectivity index (χ2n) is 10.8. The van der Waals surface area contributed by atoms with Crippen molar-refractivity contribution in [2.24, 2.45) is 21.7 Å². The van der Waals surface area contributed by atoms with Crippen LogP contribution in [0.15, 0.2) is 0 Å². The fraction of sp³-hybridized carbons (Fsp3) is 0.900. The topological polar surface area (TPSA) is 46.6 Å². The van der Waals surface area contributed by atoms with Gasteiger partial charge in [0.25, 0.3) is 5.91 Å². The van der Waals surface area contributed by atoms with E-state index in [1.54, 1.807) is 0 Å². The molecule has 4 fully saturated rings. The zero-order chi connectivity index (χ0) is 17.8. The minimum absolute atomic E-state index is 0.0773. The zero-order valence-corrected chi connectivity index (χ0v) is 16.0. The maximum Gasteiger partial charge on any atom is 0.313 e. The first-order valence-electron chi connectivity index (χ1n) is 9.41. The van der Waals surface area contributed by atoms with Crippen molar-refractivity contribution in [1.82, 2.24) is 4.90 Å². The highest BCUT2D eigenvalue weighted by Crippen LogP contribution is 2.66. The van der Waals surface area contributed by atoms with Gasteiger partial charge in [0.15, 0.2) is 5.60 Å². The molecular formula is C20H31NO3. The van der Waals surface area contributed by atoms with Gasteiger partial charge in [-0.3, -0.25) is 9.59 Å². The molecule has 4 rings (SSSR count). The van der Waals surface area contributed by atoms with Crippen LogP contribution in [0, 0.1) is 21.7 Å². The summed E-state index contributed by atoms with van der Waals surface area (Å²) in [6.45, 7) is 13.8. The van der Waals surface area contributed by atoms with E-state index in [2.05, 4.69) is 39.5 Å². The molecular weight excluding hydrogens is 302 g/mol. The summed E-state index contributed by atoms with van der Waals surface area (Å²) in [5, 5.41) is 0. The minimum Gasteiger partial charge on any atom is -0.448 e. The lowest BCUT2D eigenvalue weighted by Crippen LogP contribution is -2.56. The number of rotatable bonds is 1. The maximum absolute atomic E-state index is 13.7. The molecule has 4 nitrogen and oxygen atoms in total. The molecule has 2 aliphatic carbocycles. The maximum atomic E-state index is 13.7. The first-order valence-corrected chi connectivity index (χ1v) is 9.41. The largest absolute Gasteiger partial charge is 0.448 e. The van der Waals surface area contributed by atoms with E-state index in [4.69, 9.17) is 4.74 Å². The van der Waals surface area contributed by atoms with Crippen LogP contribution in [-0.2, 0) is 14.3 Å². The van der Waals surface area contributed by atoms with Crippen molar-refractivity contribution in [1.29, 1.82) is 0 Å². The van der Waals surface area contributed by atoms with Crippen molar-refractivity contribution >= 4 is 11.9 Å². The molecule has 4 heteroatoms. The number of likely N-dealkylation sites (tertiary alicyclic amines) is 1. The summed E-state index contributed by atoms with van der Waals surface area (Å²) in [4.78, 5) is 28.3. The zero-order valence-electron chi connectivity index (χ0n) is 16.0. The normalized spacial score (nSPS) is 47.8. The predicted octanol–water partition coefficient (Wildman–Crippen LogP) is 3.54. The molecule has 1 amide bonds. The third-order valence-electron chi connectivity index (χ3n) is 8.10. The highest BCUT2D eigenvalue weighted by Gasteiger charge is 2.76. The Morgan fingerprint density at radius 1 is 1.08 bits per heavy atom. The summed E-state index contributed by atoms with van der Waals surface area (Å²) < 4.78 is 5.84. The Bertz CT molecular complexity index is 639. The Hall–Kier alpha value is -1.06. The second-order valence-corrected chi connectivity index (χ2v) is 10.8. The number of esters is 1. The number of nitrogens with zero attached hydrogens (tertiary/aromatic N) is 1. The molecule has 0 radical (unpaired) electrons. The molecule has 2 saturated carbocycles. The average molecular weight is 333 g/mol. The van der Waals surface area contributed by atoms with Crippen molar-refractivity contribution in [2.45, 2.75) is 85.3 Å². The molecule has 2 heterocycles. The van der Waals surface area contributed by atoms with E-state index < -0.39 is 16.4 Å². The number of carbonyl (C=O) groups is 2. The number of ether oxygens (including phenoxy) is 1. The molecule has 134 valence electrons. The van der Waals surface area contributed by atoms with Gasteiger partial charge in [-0.05, 0) is 49.9 Å². The number of amides is 1. The smallest absolute Gasteiger partial charge is 0.313 e. The first-order chi connectivity index (χ1) is 10.9. The van der Waals surface area contributed by atoms with E-state index in [-0.39, 0.29) is 22.7 Å². The Balaban J connectivity index is 1.70. The second kappa shape index (κ2) is 4.19. The van der Waals surface area contributed by atoms with Crippen molar-refractivity contribution in [3.05, 3.63) is 0 Å². The van der Waals surface area contributed by atoms with Crippen LogP contribution in [0.1, 0.15) is 73.6 Å². The quantitative estimate of drug-likeness (QED) is 0.690. The molecule has 24 heavy (non-hydrogen) atoms. The summed E-state index contributed by atoms with van der Waals surface area (Å²) in [6.07, 6.45) is 4.73. The molecule has 0 aromatic heterocycles. The molecule has 0 aromatic rings. The fourth-order valence-corrected chi connectivity index (χ4v) is 6.65. The van der Waals surface area contributed by atoms with Crippen LogP contribution in [0.2, 0.25) is 0 Å². The summed E-state index contributed by atoms with van der Waals surface area (Å²) in [6, 6.07) is 0.294. The van der Waals surface area contributed by atoms with Crippen LogP contribution < -0.4 is 0 Å². The van der Waals surface area contributed by atoms with Crippen molar-refractivity contribution in [3.8, 4) is 0 Å². The van der Waals surface area contributed by atoms with Gasteiger partial charge >= 0.3 is 5.97 Å². The van der Waals surface area contributed by atoms with Gasteiger partial charge < -0.3 is 9.64 Å². The van der Waals surface area contributed by atoms with Crippen LogP contribution in [0.4, 0.5) is 0 Å². The molecule has 4 aliphatic rings. The van der Waals surface area contributed by atoms with E-state index in [0.717, 1.165) is 32.2 Å². The third kappa shape index (κ3) is 1.70. The Morgan fingerprint density at radius 3 is 2.29 bits per heavy atom. The van der Waals surface area contributed by atoms with Crippen LogP contribution in [0.25, 0.3) is 0 Å². The van der Waals surface area contributed by atoms with Crippen LogP contribution >= 0.6 is 0 Å². The number of hydrogen-bond donors (Lipinski definition) is 0. The third-order valence-corrected chi connectivity index (χ3v) is 8.10. The molecule has 0 unspecified atom stereocenters. The van der Waals surface area contributed by atoms with E-state index >= 15 is 0 Å². The van der Waals surface area contributed by atoms with Gasteiger partial charge in [0, 0.05) is 18.0 Å². The standard InChI is InChI=1S/C20H31NO3/c1-16(2)9-13-10-18(5,11-16)12-21(13)14(22)20-8-7-19(6,15(23)24-20)17(20,3)4/h13H,7-12H2,1-6H3/t13-,18-,19+,20+/m0/s1. The molecule has 0 N–H and O–H groups in total. The van der Waals surface area contributed by atoms with Crippen molar-refractivity contribution < 1.29 is 14.3 Å². The van der Waals surface area contributed by atoms with E-state index in [9.17, 15) is 9.59 Å². The van der Waals surface area contributed by atoms with Gasteiger partial charge in [-0.15, -0.1) is 0 Å². The fourth-order valence-electron chi connectivity index (χ4n) is 6.65. The summed E-state index contributed by atoms with van der Waals surface area (Å²) in [7, 11) is 0. The summed E-state index contributed by atoms with van der Waals surface area (Å²) in [5.41, 5.74) is -1.44. The Labute approximate surface area is 145 Å². The number of hydrogen-bond acceptors (Lipinski definition) is 3. The molecule has 2 aliphatic heterocycles. The summed E-state index contributed by atoms with van der Waals surface area (Å²) >= 11 is 0. The lowest BCUT2D eigenvalue weighted by molar-refractivity contribution is -0.174. The molecule has 0 aromatic carbocycles. The molecule has 0 spiro atoms. The number of carbonyl (C=O) groups excluding carboxylic acids is 2. The average Bonchev–Trinajstić information content (AvgIpc) is 2.86. The van der Waals surface area contributed by atoms with Gasteiger partial charge in [0.2, 0.25) is 0 Å². The Kier molecular flexibility index (Phi) is 2.86. The lowest BCUT2D eigenvalue weighted by Gasteiger charge is -2.41. The van der Waals surface area contributed by atoms with E-state index in [1.165, 1.54) is 0 Å². The van der Waals surface area contributed by atoms with Crippen molar-refractivity contribution in [2.75, 3.05) is 6.54 Å². The van der Waals surface area contributed by atoms with Gasteiger partial charge in [0.05, 0.1) is 5.41 Å². The lowest BCUT2D eigenvalue weighted by atomic mass is 9.65. The molecule has 4 bridgehead atoms. The van der Waals surface area contributed by atoms with Gasteiger partial charge in [-0.1, -0.05) is 34.6 Å². The van der Waals surface area contributed by atoms with Crippen molar-refractivity contribution in [3.63, 3.8) is 0 Å². The van der Waals surface area contributed by atoms with Crippen LogP contribution in [0.5, 0.6) is 0 Å². The van der Waals surface area contributed by atoms with E-state index in [1.807, 2.05) is 6.92 Å². The monoisotopic (exact) mass is 333 g/mol. The molecule has 4 atom stereocenters. The highest BCUT2D eigenvalue weighted by molar-refractivity contribution is 5.96. The highest BCUT2D eigenvalue weighted by atomic mass is 16.6. The summed E-state index contributed by atoms with van der Waals surface area (Å²) in [5.74, 6) is -0.102. The van der Waals surface area contributed by atoms with E-state index in [0.29, 0.717) is 12.5 Å². The van der Waals surface area contributed by atoms with Crippen LogP contribution in [0.3, 0.4) is 0 Å². The first kappa shape index (κ1) is 16.4.